The molecule has 0 radical (unpaired) electrons. The van der Waals surface area contributed by atoms with Crippen LogP contribution in [0.2, 0.25) is 0 Å². The summed E-state index contributed by atoms with van der Waals surface area (Å²) < 4.78 is 0. The maximum Gasteiger partial charge on any atom is 0.181 e. The summed E-state index contributed by atoms with van der Waals surface area (Å²) in [4.78, 5) is 11.3. The zero-order valence-corrected chi connectivity index (χ0v) is 9.28. The molecule has 0 fully saturated rings. The fourth-order valence-corrected chi connectivity index (χ4v) is 1.49. The Kier molecular flexibility index (Phi) is 4.82. The summed E-state index contributed by atoms with van der Waals surface area (Å²) in [5, 5.41) is 0. The highest BCUT2D eigenvalue weighted by Gasteiger charge is 2.16. The van der Waals surface area contributed by atoms with E-state index in [2.05, 4.69) is 25.7 Å². The predicted molar refractivity (Wildman–Crippen MR) is 64.6 cm³/mol. The van der Waals surface area contributed by atoms with E-state index in [1.165, 1.54) is 6.42 Å². The zero-order chi connectivity index (χ0) is 11.1. The molecule has 0 spiro atoms. The fraction of sp³-hybridized carbons (Fsp3) is 0.357. The number of carbonyl (C=O) groups excluding carboxylic acids is 1. The van der Waals surface area contributed by atoms with Crippen LogP contribution in [-0.2, 0) is 4.79 Å². The summed E-state index contributed by atoms with van der Waals surface area (Å²) in [7, 11) is 0. The first kappa shape index (κ1) is 11.7. The number of hydrogen-bond acceptors (Lipinski definition) is 1. The topological polar surface area (TPSA) is 17.1 Å². The van der Waals surface area contributed by atoms with Crippen molar-refractivity contribution in [1.82, 2.24) is 0 Å². The first-order valence-corrected chi connectivity index (χ1v) is 5.48. The Hall–Kier alpha value is -1.37. The van der Waals surface area contributed by atoms with E-state index in [9.17, 15) is 4.79 Å². The maximum atomic E-state index is 11.3. The Morgan fingerprint density at radius 2 is 2.33 bits per heavy atom. The average molecular weight is 202 g/mol. The quantitative estimate of drug-likeness (QED) is 0.503. The van der Waals surface area contributed by atoms with Gasteiger partial charge in [-0.25, -0.2) is 0 Å². The van der Waals surface area contributed by atoms with Crippen LogP contribution in [0.25, 0.3) is 0 Å². The van der Waals surface area contributed by atoms with E-state index in [1.807, 2.05) is 18.2 Å². The van der Waals surface area contributed by atoms with Crippen molar-refractivity contribution in [2.75, 3.05) is 0 Å². The van der Waals surface area contributed by atoms with Gasteiger partial charge in [0.2, 0.25) is 0 Å². The minimum absolute atomic E-state index is 0.0634. The molecule has 0 heterocycles. The molecular weight excluding hydrogens is 184 g/mol. The number of allylic oxidation sites excluding steroid dienone is 7. The van der Waals surface area contributed by atoms with Gasteiger partial charge in [0.25, 0.3) is 0 Å². The highest BCUT2D eigenvalue weighted by molar-refractivity contribution is 6.04. The van der Waals surface area contributed by atoms with Gasteiger partial charge in [-0.3, -0.25) is 4.79 Å². The van der Waals surface area contributed by atoms with Crippen LogP contribution >= 0.6 is 0 Å². The minimum atomic E-state index is 0.0634. The van der Waals surface area contributed by atoms with Crippen LogP contribution in [0, 0.1) is 5.92 Å². The van der Waals surface area contributed by atoms with Crippen molar-refractivity contribution in [2.45, 2.75) is 26.2 Å². The van der Waals surface area contributed by atoms with Crippen LogP contribution in [-0.4, -0.2) is 5.78 Å². The van der Waals surface area contributed by atoms with E-state index in [-0.39, 0.29) is 11.7 Å². The van der Waals surface area contributed by atoms with Crippen molar-refractivity contribution in [3.8, 4) is 0 Å². The number of carbonyl (C=O) groups is 1. The molecule has 1 nitrogen and oxygen atoms in total. The van der Waals surface area contributed by atoms with Crippen molar-refractivity contribution < 1.29 is 4.79 Å². The molecule has 1 aliphatic rings. The molecule has 15 heavy (non-hydrogen) atoms. The number of hydrogen-bond donors (Lipinski definition) is 0. The highest BCUT2D eigenvalue weighted by atomic mass is 16.1. The third-order valence-electron chi connectivity index (χ3n) is 2.47. The second kappa shape index (κ2) is 6.18. The maximum absolute atomic E-state index is 11.3. The molecule has 0 saturated carbocycles. The molecule has 1 atom stereocenters. The van der Waals surface area contributed by atoms with Crippen molar-refractivity contribution in [3.05, 3.63) is 48.6 Å². The molecule has 1 heteroatoms. The van der Waals surface area contributed by atoms with Gasteiger partial charge in [-0.2, -0.15) is 0 Å². The third-order valence-corrected chi connectivity index (χ3v) is 2.47. The average Bonchev–Trinajstić information content (AvgIpc) is 2.24. The van der Waals surface area contributed by atoms with E-state index >= 15 is 0 Å². The summed E-state index contributed by atoms with van der Waals surface area (Å²) in [6.45, 7) is 5.97. The van der Waals surface area contributed by atoms with Crippen LogP contribution in [0.4, 0.5) is 0 Å². The van der Waals surface area contributed by atoms with E-state index in [1.54, 1.807) is 6.08 Å². The SMILES string of the molecule is C=C1C(=O)C=CC[C@@H]1/C=C/C=C/CCC. The molecule has 0 amide bonds. The van der Waals surface area contributed by atoms with Gasteiger partial charge >= 0.3 is 0 Å². The van der Waals surface area contributed by atoms with Crippen LogP contribution < -0.4 is 0 Å². The lowest BCUT2D eigenvalue weighted by Crippen LogP contribution is -2.11. The van der Waals surface area contributed by atoms with Gasteiger partial charge in [-0.15, -0.1) is 0 Å². The lowest BCUT2D eigenvalue weighted by molar-refractivity contribution is -0.111. The van der Waals surface area contributed by atoms with Gasteiger partial charge < -0.3 is 0 Å². The Morgan fingerprint density at radius 3 is 3.07 bits per heavy atom. The Bertz CT molecular complexity index is 318. The molecule has 0 saturated heterocycles. The summed E-state index contributed by atoms with van der Waals surface area (Å²) in [6, 6.07) is 0. The van der Waals surface area contributed by atoms with Gasteiger partial charge in [-0.1, -0.05) is 50.3 Å². The summed E-state index contributed by atoms with van der Waals surface area (Å²) in [6.07, 6.45) is 14.9. The van der Waals surface area contributed by atoms with Crippen LogP contribution in [0.3, 0.4) is 0 Å². The lowest BCUT2D eigenvalue weighted by atomic mass is 9.88. The second-order valence-corrected chi connectivity index (χ2v) is 3.74. The predicted octanol–water partition coefficient (Wildman–Crippen LogP) is 3.60. The smallest absolute Gasteiger partial charge is 0.181 e. The molecule has 0 aliphatic heterocycles. The molecule has 1 aliphatic carbocycles. The first-order chi connectivity index (χ1) is 7.25. The molecule has 0 unspecified atom stereocenters. The Labute approximate surface area is 91.9 Å². The number of rotatable bonds is 4. The molecule has 0 aromatic carbocycles. The van der Waals surface area contributed by atoms with Crippen LogP contribution in [0.5, 0.6) is 0 Å². The monoisotopic (exact) mass is 202 g/mol. The normalized spacial score (nSPS) is 22.1. The van der Waals surface area contributed by atoms with E-state index in [0.717, 1.165) is 12.8 Å². The summed E-state index contributed by atoms with van der Waals surface area (Å²) in [5.41, 5.74) is 0.706. The van der Waals surface area contributed by atoms with Gasteiger partial charge in [0, 0.05) is 5.92 Å². The van der Waals surface area contributed by atoms with Crippen LogP contribution in [0.15, 0.2) is 48.6 Å². The number of ketones is 1. The third kappa shape index (κ3) is 3.70. The molecule has 0 aromatic heterocycles. The Morgan fingerprint density at radius 1 is 1.53 bits per heavy atom. The molecular formula is C14H18O. The highest BCUT2D eigenvalue weighted by Crippen LogP contribution is 2.21. The molecule has 1 rings (SSSR count). The molecule has 0 N–H and O–H groups in total. The molecule has 0 bridgehead atoms. The van der Waals surface area contributed by atoms with Gasteiger partial charge in [0.15, 0.2) is 5.78 Å². The van der Waals surface area contributed by atoms with E-state index in [4.69, 9.17) is 0 Å². The van der Waals surface area contributed by atoms with Crippen molar-refractivity contribution in [3.63, 3.8) is 0 Å². The minimum Gasteiger partial charge on any atom is -0.290 e. The molecule has 80 valence electrons. The Balaban J connectivity index is 2.48. The summed E-state index contributed by atoms with van der Waals surface area (Å²) in [5.74, 6) is 0.252. The van der Waals surface area contributed by atoms with Crippen molar-refractivity contribution in [1.29, 1.82) is 0 Å². The van der Waals surface area contributed by atoms with Gasteiger partial charge in [0.05, 0.1) is 0 Å². The fourth-order valence-electron chi connectivity index (χ4n) is 1.49. The zero-order valence-electron chi connectivity index (χ0n) is 9.28. The van der Waals surface area contributed by atoms with Crippen molar-refractivity contribution in [2.24, 2.45) is 5.92 Å². The lowest BCUT2D eigenvalue weighted by Gasteiger charge is -2.14. The van der Waals surface area contributed by atoms with Crippen molar-refractivity contribution >= 4 is 5.78 Å². The van der Waals surface area contributed by atoms with Crippen LogP contribution in [0.1, 0.15) is 26.2 Å². The molecule has 0 aromatic rings. The largest absolute Gasteiger partial charge is 0.290 e. The number of unbranched alkanes of at least 4 members (excludes halogenated alkanes) is 1. The van der Waals surface area contributed by atoms with E-state index < -0.39 is 0 Å². The first-order valence-electron chi connectivity index (χ1n) is 5.48. The van der Waals surface area contributed by atoms with E-state index in [0.29, 0.717) is 5.57 Å². The second-order valence-electron chi connectivity index (χ2n) is 3.74. The summed E-state index contributed by atoms with van der Waals surface area (Å²) >= 11 is 0. The standard InChI is InChI=1S/C14H18O/c1-3-4-5-6-7-9-13-10-8-11-14(15)12(13)2/h5-9,11,13H,2-4,10H2,1H3/b6-5+,9-7+/t13-/m0/s1. The van der Waals surface area contributed by atoms with Gasteiger partial charge in [-0.05, 0) is 24.5 Å². The van der Waals surface area contributed by atoms with Gasteiger partial charge in [0.1, 0.15) is 0 Å².